The molecule has 0 fully saturated rings. The van der Waals surface area contributed by atoms with E-state index in [2.05, 4.69) is 32.7 Å². The maximum absolute atomic E-state index is 3.98. The van der Waals surface area contributed by atoms with Crippen molar-refractivity contribution in [2.75, 3.05) is 18.8 Å². The van der Waals surface area contributed by atoms with Crippen molar-refractivity contribution in [1.82, 2.24) is 5.32 Å². The molecule has 0 radical (unpaired) electrons. The first kappa shape index (κ1) is 11.1. The highest BCUT2D eigenvalue weighted by atomic mass is 32.2. The molecule has 0 amide bonds. The molecule has 0 aromatic heterocycles. The van der Waals surface area contributed by atoms with Gasteiger partial charge in [0.25, 0.3) is 0 Å². The molecule has 0 atom stereocenters. The van der Waals surface area contributed by atoms with E-state index in [4.69, 9.17) is 0 Å². The maximum Gasteiger partial charge on any atom is 0.0170 e. The zero-order valence-electron chi connectivity index (χ0n) is 7.81. The quantitative estimate of drug-likeness (QED) is 0.619. The summed E-state index contributed by atoms with van der Waals surface area (Å²) >= 11 is 1.95. The van der Waals surface area contributed by atoms with E-state index in [0.717, 1.165) is 18.8 Å². The summed E-state index contributed by atoms with van der Waals surface area (Å²) in [6.07, 6.45) is 0. The predicted octanol–water partition coefficient (Wildman–Crippen LogP) is 2.29. The highest BCUT2D eigenvalue weighted by Crippen LogP contribution is 2.11. The summed E-state index contributed by atoms with van der Waals surface area (Å²) < 4.78 is 0. The smallest absolute Gasteiger partial charge is 0.0170 e. The van der Waals surface area contributed by atoms with Crippen molar-refractivity contribution in [2.45, 2.75) is 26.0 Å². The highest BCUT2D eigenvalue weighted by Gasteiger charge is 1.96. The lowest BCUT2D eigenvalue weighted by Gasteiger charge is -2.07. The van der Waals surface area contributed by atoms with Crippen LogP contribution in [0.1, 0.15) is 20.8 Å². The molecule has 0 aliphatic carbocycles. The van der Waals surface area contributed by atoms with Crippen molar-refractivity contribution in [3.63, 3.8) is 0 Å². The summed E-state index contributed by atoms with van der Waals surface area (Å²) in [5, 5.41) is 3.97. The zero-order valence-corrected chi connectivity index (χ0v) is 8.63. The molecule has 0 aromatic carbocycles. The number of rotatable bonds is 6. The minimum Gasteiger partial charge on any atom is -0.313 e. The van der Waals surface area contributed by atoms with Gasteiger partial charge in [-0.1, -0.05) is 32.9 Å². The monoisotopic (exact) mass is 173 g/mol. The molecule has 0 aromatic rings. The molecular formula is C9H19NS. The maximum atomic E-state index is 3.98. The van der Waals surface area contributed by atoms with E-state index >= 15 is 0 Å². The molecule has 0 saturated heterocycles. The van der Waals surface area contributed by atoms with Crippen LogP contribution in [0.25, 0.3) is 0 Å². The van der Waals surface area contributed by atoms with Crippen LogP contribution in [-0.4, -0.2) is 24.1 Å². The van der Waals surface area contributed by atoms with Crippen LogP contribution in [0.5, 0.6) is 0 Å². The Morgan fingerprint density at radius 2 is 2.18 bits per heavy atom. The lowest BCUT2D eigenvalue weighted by atomic mass is 10.3. The van der Waals surface area contributed by atoms with Gasteiger partial charge in [-0.2, -0.15) is 11.8 Å². The Labute approximate surface area is 74.6 Å². The van der Waals surface area contributed by atoms with Crippen molar-refractivity contribution < 1.29 is 0 Å². The molecule has 0 aliphatic rings. The summed E-state index contributed by atoms with van der Waals surface area (Å²) in [6, 6.07) is 0. The predicted molar refractivity (Wildman–Crippen MR) is 55.3 cm³/mol. The number of thioether (sulfide) groups is 1. The topological polar surface area (TPSA) is 12.0 Å². The van der Waals surface area contributed by atoms with Crippen LogP contribution in [0.2, 0.25) is 0 Å². The lowest BCUT2D eigenvalue weighted by Crippen LogP contribution is -2.16. The molecule has 0 bridgehead atoms. The number of nitrogens with one attached hydrogen (secondary N) is 1. The molecule has 2 heteroatoms. The van der Waals surface area contributed by atoms with E-state index < -0.39 is 0 Å². The highest BCUT2D eigenvalue weighted by molar-refractivity contribution is 8.00. The first-order valence-corrected chi connectivity index (χ1v) is 5.20. The van der Waals surface area contributed by atoms with Crippen LogP contribution in [0.4, 0.5) is 0 Å². The van der Waals surface area contributed by atoms with Gasteiger partial charge in [-0.15, -0.1) is 0 Å². The van der Waals surface area contributed by atoms with Gasteiger partial charge in [-0.25, -0.2) is 0 Å². The van der Waals surface area contributed by atoms with Crippen LogP contribution < -0.4 is 5.32 Å². The van der Waals surface area contributed by atoms with E-state index in [9.17, 15) is 0 Å². The Balaban J connectivity index is 3.23. The van der Waals surface area contributed by atoms with Gasteiger partial charge in [0.2, 0.25) is 0 Å². The van der Waals surface area contributed by atoms with Crippen molar-refractivity contribution >= 4 is 11.8 Å². The largest absolute Gasteiger partial charge is 0.313 e. The molecule has 66 valence electrons. The van der Waals surface area contributed by atoms with Crippen LogP contribution in [0.15, 0.2) is 12.2 Å². The van der Waals surface area contributed by atoms with Crippen LogP contribution in [-0.2, 0) is 0 Å². The second-order valence-corrected chi connectivity index (χ2v) is 4.45. The van der Waals surface area contributed by atoms with E-state index in [1.165, 1.54) is 5.57 Å². The van der Waals surface area contributed by atoms with Gasteiger partial charge in [0, 0.05) is 12.3 Å². The standard InChI is InChI=1S/C9H19NS/c1-5-10-6-9(4)7-11-8(2)3/h8,10H,4-7H2,1-3H3. The van der Waals surface area contributed by atoms with Gasteiger partial charge in [-0.05, 0) is 11.8 Å². The third-order valence-electron chi connectivity index (χ3n) is 1.25. The van der Waals surface area contributed by atoms with Crippen molar-refractivity contribution in [2.24, 2.45) is 0 Å². The minimum absolute atomic E-state index is 0.716. The average Bonchev–Trinajstić information content (AvgIpc) is 1.97. The normalized spacial score (nSPS) is 10.5. The summed E-state index contributed by atoms with van der Waals surface area (Å²) in [4.78, 5) is 0. The Hall–Kier alpha value is 0.0500. The minimum atomic E-state index is 0.716. The summed E-state index contributed by atoms with van der Waals surface area (Å²) in [5.74, 6) is 1.09. The zero-order chi connectivity index (χ0) is 8.69. The van der Waals surface area contributed by atoms with Crippen LogP contribution >= 0.6 is 11.8 Å². The van der Waals surface area contributed by atoms with Gasteiger partial charge in [0.1, 0.15) is 0 Å². The van der Waals surface area contributed by atoms with Gasteiger partial charge in [0.15, 0.2) is 0 Å². The second kappa shape index (κ2) is 6.74. The van der Waals surface area contributed by atoms with Crippen molar-refractivity contribution in [3.05, 3.63) is 12.2 Å². The van der Waals surface area contributed by atoms with Crippen LogP contribution in [0.3, 0.4) is 0 Å². The van der Waals surface area contributed by atoms with Gasteiger partial charge in [0.05, 0.1) is 0 Å². The van der Waals surface area contributed by atoms with Crippen molar-refractivity contribution in [1.29, 1.82) is 0 Å². The molecule has 1 nitrogen and oxygen atoms in total. The van der Waals surface area contributed by atoms with E-state index in [1.807, 2.05) is 11.8 Å². The number of likely N-dealkylation sites (N-methyl/N-ethyl adjacent to an activating group) is 1. The fourth-order valence-corrected chi connectivity index (χ4v) is 1.31. The molecular weight excluding hydrogens is 154 g/mol. The van der Waals surface area contributed by atoms with Gasteiger partial charge in [-0.3, -0.25) is 0 Å². The van der Waals surface area contributed by atoms with Crippen LogP contribution in [0, 0.1) is 0 Å². The summed E-state index contributed by atoms with van der Waals surface area (Å²) in [6.45, 7) is 12.5. The van der Waals surface area contributed by atoms with Gasteiger partial charge >= 0.3 is 0 Å². The summed E-state index contributed by atoms with van der Waals surface area (Å²) in [7, 11) is 0. The first-order chi connectivity index (χ1) is 5.16. The molecule has 0 rings (SSSR count). The Morgan fingerprint density at radius 1 is 1.55 bits per heavy atom. The summed E-state index contributed by atoms with van der Waals surface area (Å²) in [5.41, 5.74) is 1.30. The second-order valence-electron chi connectivity index (χ2n) is 2.89. The number of hydrogen-bond donors (Lipinski definition) is 1. The molecule has 1 N–H and O–H groups in total. The third kappa shape index (κ3) is 7.95. The molecule has 0 unspecified atom stereocenters. The molecule has 11 heavy (non-hydrogen) atoms. The third-order valence-corrected chi connectivity index (χ3v) is 2.49. The Kier molecular flexibility index (Phi) is 6.77. The van der Waals surface area contributed by atoms with E-state index in [-0.39, 0.29) is 0 Å². The van der Waals surface area contributed by atoms with Gasteiger partial charge < -0.3 is 5.32 Å². The molecule has 0 aliphatic heterocycles. The lowest BCUT2D eigenvalue weighted by molar-refractivity contribution is 0.779. The molecule has 0 heterocycles. The number of hydrogen-bond acceptors (Lipinski definition) is 2. The van der Waals surface area contributed by atoms with Crippen molar-refractivity contribution in [3.8, 4) is 0 Å². The Bertz CT molecular complexity index is 110. The van der Waals surface area contributed by atoms with E-state index in [0.29, 0.717) is 5.25 Å². The fourth-order valence-electron chi connectivity index (χ4n) is 0.637. The Morgan fingerprint density at radius 3 is 2.64 bits per heavy atom. The fraction of sp³-hybridized carbons (Fsp3) is 0.778. The molecule has 0 spiro atoms. The van der Waals surface area contributed by atoms with E-state index in [1.54, 1.807) is 0 Å². The average molecular weight is 173 g/mol. The molecule has 0 saturated carbocycles. The first-order valence-electron chi connectivity index (χ1n) is 4.15. The SMILES string of the molecule is C=C(CNCC)CSC(C)C.